The molecule has 154 valence electrons. The van der Waals surface area contributed by atoms with Gasteiger partial charge in [-0.2, -0.15) is 0 Å². The number of amides is 4. The molecule has 0 fully saturated rings. The molecule has 4 amide bonds. The van der Waals surface area contributed by atoms with Crippen molar-refractivity contribution in [1.29, 1.82) is 0 Å². The van der Waals surface area contributed by atoms with Crippen LogP contribution in [0, 0.1) is 0 Å². The Morgan fingerprint density at radius 3 is 1.59 bits per heavy atom. The van der Waals surface area contributed by atoms with E-state index in [1.165, 1.54) is 0 Å². The van der Waals surface area contributed by atoms with Gasteiger partial charge in [0.25, 0.3) is 0 Å². The van der Waals surface area contributed by atoms with Gasteiger partial charge in [-0.3, -0.25) is 19.2 Å². The summed E-state index contributed by atoms with van der Waals surface area (Å²) in [5, 5.41) is 43.4. The SMILES string of the molecule is N[C@@H](CO)C(=O)NCC(=O)N[C@@H](CO)C(=O)NCC(=O)N[C@@H](CO)C(=O)O. The molecule has 0 aromatic rings. The second-order valence-electron chi connectivity index (χ2n) is 5.17. The van der Waals surface area contributed by atoms with Crippen LogP contribution in [0.2, 0.25) is 0 Å². The van der Waals surface area contributed by atoms with Gasteiger partial charge in [-0.1, -0.05) is 0 Å². The van der Waals surface area contributed by atoms with Gasteiger partial charge in [0.05, 0.1) is 32.9 Å². The summed E-state index contributed by atoms with van der Waals surface area (Å²) in [5.41, 5.74) is 5.22. The van der Waals surface area contributed by atoms with Crippen molar-refractivity contribution in [1.82, 2.24) is 21.3 Å². The van der Waals surface area contributed by atoms with Crippen molar-refractivity contribution in [2.45, 2.75) is 18.1 Å². The Morgan fingerprint density at radius 1 is 0.741 bits per heavy atom. The highest BCUT2D eigenvalue weighted by Crippen LogP contribution is 1.86. The highest BCUT2D eigenvalue weighted by Gasteiger charge is 2.23. The standard InChI is InChI=1S/C13H23N5O9/c14-6(3-19)11(24)15-1-9(22)17-7(4-20)12(25)16-2-10(23)18-8(5-21)13(26)27/h6-8,19-21H,1-5,14H2,(H,15,24)(H,16,25)(H,17,22)(H,18,23)(H,26,27)/t6-,7-,8-/m0/s1. The molecule has 0 saturated carbocycles. The predicted molar refractivity (Wildman–Crippen MR) is 86.7 cm³/mol. The normalized spacial score (nSPS) is 13.6. The number of hydrogen-bond acceptors (Lipinski definition) is 9. The van der Waals surface area contributed by atoms with Gasteiger partial charge in [-0.05, 0) is 0 Å². The van der Waals surface area contributed by atoms with Crippen LogP contribution in [0.15, 0.2) is 0 Å². The smallest absolute Gasteiger partial charge is 0.328 e. The molecule has 10 N–H and O–H groups in total. The molecule has 0 aromatic heterocycles. The van der Waals surface area contributed by atoms with Crippen LogP contribution in [0.4, 0.5) is 0 Å². The van der Waals surface area contributed by atoms with Crippen LogP contribution in [-0.2, 0) is 24.0 Å². The molecule has 0 aliphatic rings. The summed E-state index contributed by atoms with van der Waals surface area (Å²) >= 11 is 0. The molecular weight excluding hydrogens is 370 g/mol. The van der Waals surface area contributed by atoms with E-state index in [0.717, 1.165) is 0 Å². The van der Waals surface area contributed by atoms with Gasteiger partial charge in [-0.25, -0.2) is 4.79 Å². The lowest BCUT2D eigenvalue weighted by molar-refractivity contribution is -0.142. The van der Waals surface area contributed by atoms with Crippen LogP contribution in [0.1, 0.15) is 0 Å². The summed E-state index contributed by atoms with van der Waals surface area (Å²) in [5.74, 6) is -4.99. The zero-order valence-corrected chi connectivity index (χ0v) is 14.2. The zero-order valence-electron chi connectivity index (χ0n) is 14.2. The van der Waals surface area contributed by atoms with Crippen molar-refractivity contribution in [3.63, 3.8) is 0 Å². The minimum atomic E-state index is -1.54. The number of aliphatic carboxylic acids is 1. The Kier molecular flexibility index (Phi) is 11.2. The number of rotatable bonds is 12. The summed E-state index contributed by atoms with van der Waals surface area (Å²) in [7, 11) is 0. The van der Waals surface area contributed by atoms with E-state index in [4.69, 9.17) is 26.2 Å². The largest absolute Gasteiger partial charge is 0.480 e. The number of carboxylic acid groups (broad SMARTS) is 1. The van der Waals surface area contributed by atoms with Gasteiger partial charge in [0, 0.05) is 0 Å². The van der Waals surface area contributed by atoms with E-state index in [0.29, 0.717) is 0 Å². The highest BCUT2D eigenvalue weighted by molar-refractivity contribution is 5.93. The van der Waals surface area contributed by atoms with E-state index in [9.17, 15) is 24.0 Å². The number of carbonyl (C=O) groups excluding carboxylic acids is 4. The van der Waals surface area contributed by atoms with Gasteiger partial charge in [-0.15, -0.1) is 0 Å². The first kappa shape index (κ1) is 24.2. The minimum absolute atomic E-state index is 0.576. The maximum Gasteiger partial charge on any atom is 0.328 e. The number of carboxylic acids is 1. The average molecular weight is 393 g/mol. The second-order valence-corrected chi connectivity index (χ2v) is 5.17. The lowest BCUT2D eigenvalue weighted by Gasteiger charge is -2.17. The maximum absolute atomic E-state index is 11.8. The monoisotopic (exact) mass is 393 g/mol. The number of aliphatic hydroxyl groups excluding tert-OH is 3. The third-order valence-corrected chi connectivity index (χ3v) is 3.03. The van der Waals surface area contributed by atoms with Crippen molar-refractivity contribution in [2.24, 2.45) is 5.73 Å². The molecule has 27 heavy (non-hydrogen) atoms. The Bertz CT molecular complexity index is 556. The summed E-state index contributed by atoms with van der Waals surface area (Å²) in [6.07, 6.45) is 0. The Hall–Kier alpha value is -2.81. The minimum Gasteiger partial charge on any atom is -0.480 e. The molecule has 0 aromatic carbocycles. The van der Waals surface area contributed by atoms with Crippen molar-refractivity contribution in [3.05, 3.63) is 0 Å². The fourth-order valence-electron chi connectivity index (χ4n) is 1.54. The average Bonchev–Trinajstić information content (AvgIpc) is 2.65. The fourth-order valence-corrected chi connectivity index (χ4v) is 1.54. The topological polar surface area (TPSA) is 240 Å². The van der Waals surface area contributed by atoms with Crippen molar-refractivity contribution in [3.8, 4) is 0 Å². The Balaban J connectivity index is 4.41. The lowest BCUT2D eigenvalue weighted by atomic mass is 10.2. The molecule has 0 saturated heterocycles. The van der Waals surface area contributed by atoms with Crippen LogP contribution in [-0.4, -0.2) is 101 Å². The van der Waals surface area contributed by atoms with E-state index in [-0.39, 0.29) is 0 Å². The fraction of sp³-hybridized carbons (Fsp3) is 0.615. The van der Waals surface area contributed by atoms with E-state index in [1.807, 2.05) is 5.32 Å². The van der Waals surface area contributed by atoms with Gasteiger partial charge < -0.3 is 47.4 Å². The van der Waals surface area contributed by atoms with Crippen molar-refractivity contribution in [2.75, 3.05) is 32.9 Å². The maximum atomic E-state index is 11.8. The van der Waals surface area contributed by atoms with Gasteiger partial charge in [0.2, 0.25) is 23.6 Å². The highest BCUT2D eigenvalue weighted by atomic mass is 16.4. The lowest BCUT2D eigenvalue weighted by Crippen LogP contribution is -2.54. The van der Waals surface area contributed by atoms with E-state index in [2.05, 4.69) is 16.0 Å². The van der Waals surface area contributed by atoms with Crippen LogP contribution in [0.5, 0.6) is 0 Å². The first-order valence-electron chi connectivity index (χ1n) is 7.61. The molecule has 0 bridgehead atoms. The van der Waals surface area contributed by atoms with Gasteiger partial charge in [0.1, 0.15) is 18.1 Å². The third kappa shape index (κ3) is 9.45. The first-order valence-corrected chi connectivity index (χ1v) is 7.61. The summed E-state index contributed by atoms with van der Waals surface area (Å²) in [4.78, 5) is 56.9. The molecule has 14 nitrogen and oxygen atoms in total. The second kappa shape index (κ2) is 12.5. The van der Waals surface area contributed by atoms with Gasteiger partial charge >= 0.3 is 5.97 Å². The Morgan fingerprint density at radius 2 is 1.19 bits per heavy atom. The van der Waals surface area contributed by atoms with Crippen LogP contribution >= 0.6 is 0 Å². The molecular formula is C13H23N5O9. The predicted octanol–water partition coefficient (Wildman–Crippen LogP) is -6.42. The van der Waals surface area contributed by atoms with Crippen LogP contribution in [0.3, 0.4) is 0 Å². The van der Waals surface area contributed by atoms with E-state index < -0.39 is 80.6 Å². The molecule has 0 aliphatic carbocycles. The molecule has 14 heteroatoms. The van der Waals surface area contributed by atoms with Crippen molar-refractivity contribution < 1.29 is 44.4 Å². The molecule has 3 atom stereocenters. The molecule has 0 spiro atoms. The summed E-state index contributed by atoms with van der Waals surface area (Å²) in [6, 6.07) is -4.21. The quantitative estimate of drug-likeness (QED) is 0.152. The first-order chi connectivity index (χ1) is 12.7. The molecule has 0 heterocycles. The van der Waals surface area contributed by atoms with E-state index in [1.54, 1.807) is 0 Å². The Labute approximate surface area is 153 Å². The van der Waals surface area contributed by atoms with Crippen LogP contribution < -0.4 is 27.0 Å². The third-order valence-electron chi connectivity index (χ3n) is 3.03. The summed E-state index contributed by atoms with van der Waals surface area (Å²) < 4.78 is 0. The van der Waals surface area contributed by atoms with Crippen molar-refractivity contribution >= 4 is 29.6 Å². The number of nitrogens with two attached hydrogens (primary N) is 1. The molecule has 0 unspecified atom stereocenters. The molecule has 0 aliphatic heterocycles. The number of hydrogen-bond donors (Lipinski definition) is 9. The summed E-state index contributed by atoms with van der Waals surface area (Å²) in [6.45, 7) is -3.55. The zero-order chi connectivity index (χ0) is 21.0. The van der Waals surface area contributed by atoms with Crippen LogP contribution in [0.25, 0.3) is 0 Å². The van der Waals surface area contributed by atoms with Gasteiger partial charge in [0.15, 0.2) is 0 Å². The van der Waals surface area contributed by atoms with E-state index >= 15 is 0 Å². The number of nitrogens with one attached hydrogen (secondary N) is 4. The number of carbonyl (C=O) groups is 5. The molecule has 0 rings (SSSR count). The molecule has 0 radical (unpaired) electrons. The number of aliphatic hydroxyl groups is 3.